The SMILES string of the molecule is Cc1ccc(N2C(=O)/C(=C/c3ccc(OCC(=O)Nc4ccc(Br)c(C)c4)cc3)SC2=S)cc1. The number of aryl methyl sites for hydroxylation is 2. The fourth-order valence-corrected chi connectivity index (χ4v) is 4.81. The van der Waals surface area contributed by atoms with Crippen molar-refractivity contribution in [1.29, 1.82) is 0 Å². The summed E-state index contributed by atoms with van der Waals surface area (Å²) in [6.07, 6.45) is 1.81. The van der Waals surface area contributed by atoms with Crippen LogP contribution in [0.1, 0.15) is 16.7 Å². The average Bonchev–Trinajstić information content (AvgIpc) is 3.09. The van der Waals surface area contributed by atoms with Gasteiger partial charge in [0.2, 0.25) is 0 Å². The molecular weight excluding hydrogens is 532 g/mol. The van der Waals surface area contributed by atoms with E-state index in [1.54, 1.807) is 23.1 Å². The highest BCUT2D eigenvalue weighted by molar-refractivity contribution is 9.10. The van der Waals surface area contributed by atoms with Gasteiger partial charge in [0.1, 0.15) is 5.75 Å². The molecule has 34 heavy (non-hydrogen) atoms. The number of rotatable bonds is 6. The summed E-state index contributed by atoms with van der Waals surface area (Å²) in [5.41, 5.74) is 4.47. The van der Waals surface area contributed by atoms with Crippen molar-refractivity contribution in [3.63, 3.8) is 0 Å². The van der Waals surface area contributed by atoms with Crippen molar-refractivity contribution in [3.8, 4) is 5.75 Å². The molecule has 172 valence electrons. The van der Waals surface area contributed by atoms with Gasteiger partial charge in [-0.15, -0.1) is 0 Å². The zero-order valence-corrected chi connectivity index (χ0v) is 21.7. The molecule has 0 bridgehead atoms. The van der Waals surface area contributed by atoms with Gasteiger partial charge in [-0.3, -0.25) is 14.5 Å². The number of halogens is 1. The Hall–Kier alpha value is -2.94. The van der Waals surface area contributed by atoms with Gasteiger partial charge in [-0.2, -0.15) is 0 Å². The number of thiocarbonyl (C=S) groups is 1. The van der Waals surface area contributed by atoms with Gasteiger partial charge in [0, 0.05) is 10.2 Å². The molecule has 0 atom stereocenters. The predicted molar refractivity (Wildman–Crippen MR) is 146 cm³/mol. The second kappa shape index (κ2) is 10.5. The summed E-state index contributed by atoms with van der Waals surface area (Å²) in [6, 6.07) is 20.5. The number of nitrogens with zero attached hydrogens (tertiary/aromatic N) is 1. The third kappa shape index (κ3) is 5.75. The lowest BCUT2D eigenvalue weighted by molar-refractivity contribution is -0.118. The summed E-state index contributed by atoms with van der Waals surface area (Å²) >= 11 is 10.2. The second-order valence-corrected chi connectivity index (χ2v) is 10.3. The van der Waals surface area contributed by atoms with Crippen LogP contribution in [0.25, 0.3) is 6.08 Å². The topological polar surface area (TPSA) is 58.6 Å². The molecule has 1 saturated heterocycles. The minimum absolute atomic E-state index is 0.107. The largest absolute Gasteiger partial charge is 0.484 e. The highest BCUT2D eigenvalue weighted by Gasteiger charge is 2.33. The number of nitrogens with one attached hydrogen (secondary N) is 1. The Labute approximate surface area is 216 Å². The van der Waals surface area contributed by atoms with Gasteiger partial charge in [-0.1, -0.05) is 69.7 Å². The molecule has 0 aromatic heterocycles. The standard InChI is InChI=1S/C26H21BrN2O3S2/c1-16-3-8-20(9-4-16)29-25(31)23(34-26(29)33)14-18-5-10-21(11-6-18)32-15-24(30)28-19-7-12-22(27)17(2)13-19/h3-14H,15H2,1-2H3,(H,28,30)/b23-14-. The molecule has 0 radical (unpaired) electrons. The number of carbonyl (C=O) groups excluding carboxylic acids is 2. The zero-order valence-electron chi connectivity index (χ0n) is 18.5. The van der Waals surface area contributed by atoms with Crippen molar-refractivity contribution in [2.45, 2.75) is 13.8 Å². The first kappa shape index (κ1) is 24.2. The van der Waals surface area contributed by atoms with Gasteiger partial charge in [-0.25, -0.2) is 0 Å². The molecule has 8 heteroatoms. The van der Waals surface area contributed by atoms with Crippen LogP contribution in [0.2, 0.25) is 0 Å². The van der Waals surface area contributed by atoms with Gasteiger partial charge in [0.05, 0.1) is 10.6 Å². The summed E-state index contributed by atoms with van der Waals surface area (Å²) < 4.78 is 7.09. The van der Waals surface area contributed by atoms with E-state index in [1.807, 2.05) is 68.4 Å². The van der Waals surface area contributed by atoms with Crippen LogP contribution in [0.4, 0.5) is 11.4 Å². The van der Waals surface area contributed by atoms with E-state index < -0.39 is 0 Å². The summed E-state index contributed by atoms with van der Waals surface area (Å²) in [5.74, 6) is 0.177. The fraction of sp³-hybridized carbons (Fsp3) is 0.115. The molecule has 1 aliphatic rings. The molecule has 1 aliphatic heterocycles. The van der Waals surface area contributed by atoms with E-state index in [-0.39, 0.29) is 18.4 Å². The maximum absolute atomic E-state index is 12.9. The van der Waals surface area contributed by atoms with Gasteiger partial charge < -0.3 is 10.1 Å². The van der Waals surface area contributed by atoms with Crippen LogP contribution < -0.4 is 15.0 Å². The number of benzene rings is 3. The number of thioether (sulfide) groups is 1. The zero-order chi connectivity index (χ0) is 24.2. The molecule has 3 aromatic carbocycles. The maximum Gasteiger partial charge on any atom is 0.270 e. The molecule has 0 unspecified atom stereocenters. The van der Waals surface area contributed by atoms with Crippen molar-refractivity contribution in [3.05, 3.63) is 92.8 Å². The third-order valence-electron chi connectivity index (χ3n) is 5.08. The first-order chi connectivity index (χ1) is 16.3. The van der Waals surface area contributed by atoms with Crippen molar-refractivity contribution >= 4 is 73.5 Å². The molecular formula is C26H21BrN2O3S2. The Morgan fingerprint density at radius 1 is 1.09 bits per heavy atom. The van der Waals surface area contributed by atoms with Crippen LogP contribution in [0, 0.1) is 13.8 Å². The van der Waals surface area contributed by atoms with Crippen LogP contribution in [0.3, 0.4) is 0 Å². The van der Waals surface area contributed by atoms with Crippen molar-refractivity contribution in [2.75, 3.05) is 16.8 Å². The Morgan fingerprint density at radius 2 is 1.79 bits per heavy atom. The Balaban J connectivity index is 1.36. The first-order valence-corrected chi connectivity index (χ1v) is 12.5. The van der Waals surface area contributed by atoms with Crippen LogP contribution in [-0.4, -0.2) is 22.7 Å². The van der Waals surface area contributed by atoms with Gasteiger partial charge in [0.15, 0.2) is 10.9 Å². The minimum Gasteiger partial charge on any atom is -0.484 e. The minimum atomic E-state index is -0.245. The number of hydrogen-bond acceptors (Lipinski definition) is 5. The second-order valence-electron chi connectivity index (χ2n) is 7.72. The number of amides is 2. The van der Waals surface area contributed by atoms with Crippen LogP contribution >= 0.6 is 39.9 Å². The number of carbonyl (C=O) groups is 2. The van der Waals surface area contributed by atoms with Crippen LogP contribution in [-0.2, 0) is 9.59 Å². The smallest absolute Gasteiger partial charge is 0.270 e. The highest BCUT2D eigenvalue weighted by atomic mass is 79.9. The van der Waals surface area contributed by atoms with E-state index in [0.29, 0.717) is 20.7 Å². The molecule has 0 spiro atoms. The van der Waals surface area contributed by atoms with E-state index in [1.165, 1.54) is 11.8 Å². The normalized spacial score (nSPS) is 14.6. The molecule has 3 aromatic rings. The molecule has 0 aliphatic carbocycles. The predicted octanol–water partition coefficient (Wildman–Crippen LogP) is 6.49. The van der Waals surface area contributed by atoms with Crippen LogP contribution in [0.5, 0.6) is 5.75 Å². The van der Waals surface area contributed by atoms with Crippen molar-refractivity contribution < 1.29 is 14.3 Å². The van der Waals surface area contributed by atoms with Gasteiger partial charge >= 0.3 is 0 Å². The first-order valence-electron chi connectivity index (χ1n) is 10.4. The van der Waals surface area contributed by atoms with E-state index in [2.05, 4.69) is 21.2 Å². The molecule has 4 rings (SSSR count). The quantitative estimate of drug-likeness (QED) is 0.280. The lowest BCUT2D eigenvalue weighted by atomic mass is 10.2. The molecule has 1 fully saturated rings. The van der Waals surface area contributed by atoms with E-state index in [4.69, 9.17) is 17.0 Å². The van der Waals surface area contributed by atoms with Gasteiger partial charge in [0.25, 0.3) is 11.8 Å². The summed E-state index contributed by atoms with van der Waals surface area (Å²) in [5, 5.41) is 2.82. The highest BCUT2D eigenvalue weighted by Crippen LogP contribution is 2.36. The monoisotopic (exact) mass is 552 g/mol. The Morgan fingerprint density at radius 3 is 2.47 bits per heavy atom. The molecule has 5 nitrogen and oxygen atoms in total. The van der Waals surface area contributed by atoms with E-state index in [0.717, 1.165) is 26.9 Å². The van der Waals surface area contributed by atoms with Gasteiger partial charge in [-0.05, 0) is 73.5 Å². The lowest BCUT2D eigenvalue weighted by Crippen LogP contribution is -2.27. The molecule has 1 heterocycles. The molecule has 0 saturated carbocycles. The number of ether oxygens (including phenoxy) is 1. The Bertz CT molecular complexity index is 1290. The summed E-state index contributed by atoms with van der Waals surface area (Å²) in [4.78, 5) is 27.2. The molecule has 1 N–H and O–H groups in total. The fourth-order valence-electron chi connectivity index (χ4n) is 3.26. The number of anilines is 2. The maximum atomic E-state index is 12.9. The Kier molecular flexibility index (Phi) is 7.50. The summed E-state index contributed by atoms with van der Waals surface area (Å²) in [6.45, 7) is 3.85. The van der Waals surface area contributed by atoms with Crippen molar-refractivity contribution in [2.24, 2.45) is 0 Å². The molecule has 2 amide bonds. The van der Waals surface area contributed by atoms with Crippen molar-refractivity contribution in [1.82, 2.24) is 0 Å². The van der Waals surface area contributed by atoms with E-state index >= 15 is 0 Å². The van der Waals surface area contributed by atoms with E-state index in [9.17, 15) is 9.59 Å². The lowest BCUT2D eigenvalue weighted by Gasteiger charge is -2.14. The third-order valence-corrected chi connectivity index (χ3v) is 7.27. The average molecular weight is 554 g/mol. The number of hydrogen-bond donors (Lipinski definition) is 1. The van der Waals surface area contributed by atoms with Crippen LogP contribution in [0.15, 0.2) is 76.1 Å². The summed E-state index contributed by atoms with van der Waals surface area (Å²) in [7, 11) is 0.